The monoisotopic (exact) mass is 602 g/mol. The quantitative estimate of drug-likeness (QED) is 0.129. The highest BCUT2D eigenvalue weighted by atomic mass is 16.7. The normalized spacial score (nSPS) is 24.6. The van der Waals surface area contributed by atoms with E-state index in [4.69, 9.17) is 18.9 Å². The lowest BCUT2D eigenvalue weighted by molar-refractivity contribution is -0.155. The molecule has 43 heavy (non-hydrogen) atoms. The van der Waals surface area contributed by atoms with Crippen molar-refractivity contribution in [1.29, 1.82) is 0 Å². The fraction of sp³-hybridized carbons (Fsp3) is 0.345. The van der Waals surface area contributed by atoms with Gasteiger partial charge in [0.05, 0.1) is 13.2 Å². The number of carbonyl (C=O) groups excluding carboxylic acids is 1. The zero-order chi connectivity index (χ0) is 31.1. The lowest BCUT2D eigenvalue weighted by atomic mass is 9.93. The summed E-state index contributed by atoms with van der Waals surface area (Å²) in [6.45, 7) is -1.21. The number of carbonyl (C=O) groups is 1. The molecule has 5 atom stereocenters. The second kappa shape index (κ2) is 11.6. The molecule has 9 N–H and O–H groups in total. The van der Waals surface area contributed by atoms with Gasteiger partial charge in [-0.3, -0.25) is 4.79 Å². The van der Waals surface area contributed by atoms with Crippen molar-refractivity contribution in [2.75, 3.05) is 13.2 Å². The van der Waals surface area contributed by atoms with Crippen LogP contribution in [0.15, 0.2) is 42.5 Å². The molecule has 0 spiro atoms. The van der Waals surface area contributed by atoms with Crippen LogP contribution in [0.5, 0.6) is 46.0 Å². The van der Waals surface area contributed by atoms with Gasteiger partial charge in [0, 0.05) is 36.1 Å². The first-order chi connectivity index (χ1) is 20.4. The zero-order valence-corrected chi connectivity index (χ0v) is 22.5. The van der Waals surface area contributed by atoms with Crippen LogP contribution >= 0.6 is 0 Å². The van der Waals surface area contributed by atoms with Gasteiger partial charge in [-0.1, -0.05) is 6.07 Å². The number of aryl methyl sites for hydroxylation is 1. The van der Waals surface area contributed by atoms with Crippen molar-refractivity contribution in [2.24, 2.45) is 0 Å². The Balaban J connectivity index is 1.42. The van der Waals surface area contributed by atoms with Crippen molar-refractivity contribution in [3.8, 4) is 46.0 Å². The molecular weight excluding hydrogens is 572 g/mol. The van der Waals surface area contributed by atoms with Crippen LogP contribution in [0, 0.1) is 0 Å². The summed E-state index contributed by atoms with van der Waals surface area (Å²) >= 11 is 0. The lowest BCUT2D eigenvalue weighted by Gasteiger charge is -2.35. The molecule has 0 saturated carbocycles. The van der Waals surface area contributed by atoms with Crippen LogP contribution in [0.4, 0.5) is 0 Å². The number of phenols is 6. The number of fused-ring (bicyclic) bond motifs is 1. The smallest absolute Gasteiger partial charge is 0.306 e. The Labute approximate surface area is 243 Å². The Hall–Kier alpha value is -4.63. The third-order valence-corrected chi connectivity index (χ3v) is 7.33. The molecule has 3 aromatic rings. The summed E-state index contributed by atoms with van der Waals surface area (Å²) in [5, 5.41) is 89.5. The van der Waals surface area contributed by atoms with E-state index in [-0.39, 0.29) is 42.3 Å². The third-order valence-electron chi connectivity index (χ3n) is 7.33. The standard InChI is InChI=1S/C29H30O14/c30-11-29(39)12-40-28(27(29)38)43-22-9-15(31)8-21-16(22)10-23(26(42-21)14-2-3-17(32)18(33)7-14)41-24(36)4-1-13-5-19(34)25(37)20(35)6-13/h2-3,5-9,23,26-28,30-35,37-39H,1,4,10-12H2/t23-,26+,27?,28?,29?/m0/s1. The molecular formula is C29H30O14. The Bertz CT molecular complexity index is 1500. The second-order valence-corrected chi connectivity index (χ2v) is 10.4. The van der Waals surface area contributed by atoms with E-state index in [1.807, 2.05) is 0 Å². The van der Waals surface area contributed by atoms with Gasteiger partial charge in [-0.15, -0.1) is 0 Å². The van der Waals surface area contributed by atoms with Gasteiger partial charge in [0.1, 0.15) is 35.1 Å². The van der Waals surface area contributed by atoms with Gasteiger partial charge in [-0.05, 0) is 36.2 Å². The maximum Gasteiger partial charge on any atom is 0.306 e. The highest BCUT2D eigenvalue weighted by Crippen LogP contribution is 2.45. The summed E-state index contributed by atoms with van der Waals surface area (Å²) in [4.78, 5) is 13.0. The fourth-order valence-corrected chi connectivity index (χ4v) is 4.94. The summed E-state index contributed by atoms with van der Waals surface area (Å²) in [7, 11) is 0. The van der Waals surface area contributed by atoms with E-state index < -0.39 is 72.4 Å². The van der Waals surface area contributed by atoms with E-state index in [9.17, 15) is 50.8 Å². The number of aliphatic hydroxyl groups is 3. The zero-order valence-electron chi connectivity index (χ0n) is 22.5. The Morgan fingerprint density at radius 1 is 0.953 bits per heavy atom. The maximum atomic E-state index is 13.0. The average Bonchev–Trinajstić information content (AvgIpc) is 3.25. The van der Waals surface area contributed by atoms with Crippen molar-refractivity contribution in [2.45, 2.75) is 49.5 Å². The topological polar surface area (TPSA) is 236 Å². The second-order valence-electron chi connectivity index (χ2n) is 10.4. The highest BCUT2D eigenvalue weighted by molar-refractivity contribution is 5.70. The summed E-state index contributed by atoms with van der Waals surface area (Å²) in [5.74, 6) is -3.56. The average molecular weight is 603 g/mol. The molecule has 0 amide bonds. The number of rotatable bonds is 8. The number of hydrogen-bond acceptors (Lipinski definition) is 14. The van der Waals surface area contributed by atoms with Crippen molar-refractivity contribution >= 4 is 5.97 Å². The third kappa shape index (κ3) is 5.99. The van der Waals surface area contributed by atoms with Crippen LogP contribution in [-0.2, 0) is 27.1 Å². The van der Waals surface area contributed by atoms with Crippen LogP contribution < -0.4 is 9.47 Å². The van der Waals surface area contributed by atoms with Crippen molar-refractivity contribution in [3.63, 3.8) is 0 Å². The lowest BCUT2D eigenvalue weighted by Crippen LogP contribution is -2.48. The van der Waals surface area contributed by atoms with E-state index in [1.54, 1.807) is 0 Å². The molecule has 0 aromatic heterocycles. The van der Waals surface area contributed by atoms with Crippen molar-refractivity contribution in [1.82, 2.24) is 0 Å². The van der Waals surface area contributed by atoms with Crippen LogP contribution in [0.3, 0.4) is 0 Å². The van der Waals surface area contributed by atoms with Gasteiger partial charge in [-0.2, -0.15) is 0 Å². The van der Waals surface area contributed by atoms with Crippen LogP contribution in [0.2, 0.25) is 0 Å². The fourth-order valence-electron chi connectivity index (χ4n) is 4.94. The molecule has 5 rings (SSSR count). The van der Waals surface area contributed by atoms with Crippen molar-refractivity contribution in [3.05, 3.63) is 59.2 Å². The molecule has 0 bridgehead atoms. The Morgan fingerprint density at radius 2 is 1.67 bits per heavy atom. The predicted molar refractivity (Wildman–Crippen MR) is 143 cm³/mol. The van der Waals surface area contributed by atoms with Crippen LogP contribution in [0.1, 0.15) is 29.2 Å². The number of aromatic hydroxyl groups is 6. The maximum absolute atomic E-state index is 13.0. The number of hydrogen-bond donors (Lipinski definition) is 9. The van der Waals surface area contributed by atoms with Crippen LogP contribution in [-0.4, -0.2) is 89.2 Å². The van der Waals surface area contributed by atoms with E-state index in [0.717, 1.165) is 0 Å². The molecule has 14 nitrogen and oxygen atoms in total. The SMILES string of the molecule is O=C(CCc1cc(O)c(O)c(O)c1)O[C@H]1Cc2c(OC3OCC(O)(CO)C3O)cc(O)cc2O[C@@H]1c1ccc(O)c(O)c1. The first kappa shape index (κ1) is 29.8. The molecule has 3 unspecified atom stereocenters. The molecule has 2 heterocycles. The van der Waals surface area contributed by atoms with E-state index in [2.05, 4.69) is 0 Å². The molecule has 2 aliphatic rings. The van der Waals surface area contributed by atoms with Crippen molar-refractivity contribution < 1.29 is 69.7 Å². The minimum Gasteiger partial charge on any atom is -0.508 e. The van der Waals surface area contributed by atoms with E-state index in [0.29, 0.717) is 16.7 Å². The minimum absolute atomic E-state index is 0.0238. The van der Waals surface area contributed by atoms with E-state index in [1.165, 1.54) is 42.5 Å². The van der Waals surface area contributed by atoms with Gasteiger partial charge in [0.25, 0.3) is 0 Å². The summed E-state index contributed by atoms with van der Waals surface area (Å²) in [6.07, 6.45) is -5.39. The highest BCUT2D eigenvalue weighted by Gasteiger charge is 2.49. The summed E-state index contributed by atoms with van der Waals surface area (Å²) in [6, 6.07) is 8.79. The Kier molecular flexibility index (Phi) is 8.03. The van der Waals surface area contributed by atoms with Gasteiger partial charge in [0.2, 0.25) is 6.29 Å². The number of aliphatic hydroxyl groups excluding tert-OH is 2. The molecule has 1 saturated heterocycles. The molecule has 0 radical (unpaired) electrons. The van der Waals surface area contributed by atoms with E-state index >= 15 is 0 Å². The number of benzene rings is 3. The van der Waals surface area contributed by atoms with Gasteiger partial charge < -0.3 is 64.9 Å². The molecule has 3 aromatic carbocycles. The van der Waals surface area contributed by atoms with Gasteiger partial charge in [0.15, 0.2) is 34.9 Å². The molecule has 14 heteroatoms. The van der Waals surface area contributed by atoms with Gasteiger partial charge >= 0.3 is 5.97 Å². The molecule has 230 valence electrons. The number of esters is 1. The number of ether oxygens (including phenoxy) is 4. The Morgan fingerprint density at radius 3 is 2.33 bits per heavy atom. The molecule has 1 fully saturated rings. The van der Waals surface area contributed by atoms with Crippen LogP contribution in [0.25, 0.3) is 0 Å². The summed E-state index contributed by atoms with van der Waals surface area (Å²) in [5.41, 5.74) is -0.995. The minimum atomic E-state index is -1.97. The predicted octanol–water partition coefficient (Wildman–Crippen LogP) is 0.960. The van der Waals surface area contributed by atoms with Gasteiger partial charge in [-0.25, -0.2) is 0 Å². The first-order valence-electron chi connectivity index (χ1n) is 13.2. The largest absolute Gasteiger partial charge is 0.508 e. The summed E-state index contributed by atoms with van der Waals surface area (Å²) < 4.78 is 23.0. The molecule has 2 aliphatic heterocycles. The number of phenolic OH excluding ortho intramolecular Hbond substituents is 6. The molecule has 0 aliphatic carbocycles. The first-order valence-corrected chi connectivity index (χ1v) is 13.2.